The number of benzene rings is 2. The summed E-state index contributed by atoms with van der Waals surface area (Å²) in [7, 11) is 1.46. The van der Waals surface area contributed by atoms with Crippen molar-refractivity contribution in [1.29, 1.82) is 0 Å². The number of methoxy groups -OCH3 is 2. The number of imidazole rings is 1. The average Bonchev–Trinajstić information content (AvgIpc) is 3.23. The number of fused-ring (bicyclic) bond motifs is 3. The van der Waals surface area contributed by atoms with E-state index in [1.54, 1.807) is 18.8 Å². The maximum absolute atomic E-state index is 13.2. The van der Waals surface area contributed by atoms with E-state index in [2.05, 4.69) is 9.88 Å². The van der Waals surface area contributed by atoms with Crippen LogP contribution in [0.2, 0.25) is 0 Å². The summed E-state index contributed by atoms with van der Waals surface area (Å²) in [5, 5.41) is 11.0. The van der Waals surface area contributed by atoms with Crippen LogP contribution in [0.25, 0.3) is 11.0 Å². The van der Waals surface area contributed by atoms with Gasteiger partial charge in [-0.25, -0.2) is 13.4 Å². The monoisotopic (exact) mass is 503 g/mol. The minimum absolute atomic E-state index is 0.0546. The first-order valence-corrected chi connectivity index (χ1v) is 12.7. The summed E-state index contributed by atoms with van der Waals surface area (Å²) >= 11 is 0. The van der Waals surface area contributed by atoms with Crippen molar-refractivity contribution in [2.24, 2.45) is 0 Å². The highest BCUT2D eigenvalue weighted by Gasteiger charge is 2.34. The number of non-ortho nitro benzene ring substituents is 1. The molecule has 12 heteroatoms. The molecule has 0 atom stereocenters. The maximum atomic E-state index is 13.2. The topological polar surface area (TPSA) is 120 Å². The van der Waals surface area contributed by atoms with Crippen LogP contribution in [0, 0.1) is 10.1 Å². The van der Waals surface area contributed by atoms with E-state index in [1.807, 2.05) is 25.2 Å². The molecular weight excluding hydrogens is 474 g/mol. The molecule has 35 heavy (non-hydrogen) atoms. The Morgan fingerprint density at radius 3 is 2.57 bits per heavy atom. The summed E-state index contributed by atoms with van der Waals surface area (Å²) in [6.45, 7) is 2.64. The molecular formula is C23H29N5O6S. The summed E-state index contributed by atoms with van der Waals surface area (Å²) in [5.74, 6) is 1.39. The zero-order chi connectivity index (χ0) is 25.2. The average molecular weight is 504 g/mol. The van der Waals surface area contributed by atoms with Gasteiger partial charge in [-0.15, -0.1) is 0 Å². The Balaban J connectivity index is 1.34. The van der Waals surface area contributed by atoms with Gasteiger partial charge in [0, 0.05) is 38.3 Å². The number of rotatable bonds is 10. The molecule has 0 aliphatic carbocycles. The molecule has 188 valence electrons. The van der Waals surface area contributed by atoms with Crippen molar-refractivity contribution < 1.29 is 22.8 Å². The molecule has 0 fully saturated rings. The molecule has 1 aliphatic heterocycles. The molecule has 0 spiro atoms. The van der Waals surface area contributed by atoms with Crippen LogP contribution < -0.4 is 9.47 Å². The van der Waals surface area contributed by atoms with Gasteiger partial charge in [0.1, 0.15) is 0 Å². The largest absolute Gasteiger partial charge is 0.493 e. The molecule has 0 unspecified atom stereocenters. The van der Waals surface area contributed by atoms with Gasteiger partial charge in [-0.05, 0) is 50.2 Å². The van der Waals surface area contributed by atoms with Crippen LogP contribution in [-0.2, 0) is 23.0 Å². The highest BCUT2D eigenvalue weighted by atomic mass is 32.2. The minimum Gasteiger partial charge on any atom is -0.493 e. The van der Waals surface area contributed by atoms with E-state index in [1.165, 1.54) is 22.5 Å². The molecule has 0 saturated heterocycles. The smallest absolute Gasteiger partial charge is 0.277 e. The third-order valence-corrected chi connectivity index (χ3v) is 8.05. The fourth-order valence-corrected chi connectivity index (χ4v) is 5.88. The lowest BCUT2D eigenvalue weighted by Gasteiger charge is -2.28. The number of nitro benzene ring substituents is 1. The zero-order valence-electron chi connectivity index (χ0n) is 20.0. The van der Waals surface area contributed by atoms with E-state index in [9.17, 15) is 18.5 Å². The molecule has 0 amide bonds. The van der Waals surface area contributed by atoms with Crippen LogP contribution >= 0.6 is 0 Å². The molecule has 0 N–H and O–H groups in total. The van der Waals surface area contributed by atoms with Crippen LogP contribution in [-0.4, -0.2) is 79.5 Å². The lowest BCUT2D eigenvalue weighted by Crippen LogP contribution is -2.41. The first-order valence-electron chi connectivity index (χ1n) is 11.3. The first kappa shape index (κ1) is 24.9. The summed E-state index contributed by atoms with van der Waals surface area (Å²) in [4.78, 5) is 17.0. The van der Waals surface area contributed by atoms with Gasteiger partial charge in [-0.2, -0.15) is 4.31 Å². The van der Waals surface area contributed by atoms with Crippen molar-refractivity contribution in [2.45, 2.75) is 24.5 Å². The van der Waals surface area contributed by atoms with Crippen molar-refractivity contribution in [1.82, 2.24) is 18.8 Å². The number of likely N-dealkylation sites (N-methyl/N-ethyl adjacent to an activating group) is 1. The normalized spacial score (nSPS) is 15.3. The van der Waals surface area contributed by atoms with Crippen LogP contribution in [0.1, 0.15) is 12.0 Å². The SMILES string of the molecule is COc1ccc(CCN(C)CCCN2CCn3c(nc4ccc([N+](=O)[O-])cc43)S2(=O)=O)cc1OC. The number of ether oxygens (including phenoxy) is 2. The Labute approximate surface area is 204 Å². The third-order valence-electron chi connectivity index (χ3n) is 6.23. The van der Waals surface area contributed by atoms with Crippen LogP contribution in [0.5, 0.6) is 11.5 Å². The van der Waals surface area contributed by atoms with E-state index in [0.29, 0.717) is 48.6 Å². The predicted octanol–water partition coefficient (Wildman–Crippen LogP) is 2.53. The molecule has 0 radical (unpaired) electrons. The summed E-state index contributed by atoms with van der Waals surface area (Å²) in [5.41, 5.74) is 1.95. The second-order valence-electron chi connectivity index (χ2n) is 8.48. The standard InChI is InChI=1S/C23H29N5O6S/c1-25(12-9-17-5-8-21(33-2)22(15-17)34-3)10-4-11-26-13-14-27-20-16-18(28(29)30)6-7-19(20)24-23(27)35(26,31)32/h5-8,15-16H,4,9-14H2,1-3H3. The number of aromatic nitrogens is 2. The van der Waals surface area contributed by atoms with Gasteiger partial charge >= 0.3 is 0 Å². The minimum atomic E-state index is -3.77. The lowest BCUT2D eigenvalue weighted by atomic mass is 10.1. The Hall–Kier alpha value is -3.22. The predicted molar refractivity (Wildman–Crippen MR) is 131 cm³/mol. The second kappa shape index (κ2) is 10.2. The van der Waals surface area contributed by atoms with Crippen molar-refractivity contribution in [3.63, 3.8) is 0 Å². The van der Waals surface area contributed by atoms with Gasteiger partial charge < -0.3 is 18.9 Å². The van der Waals surface area contributed by atoms with E-state index < -0.39 is 14.9 Å². The molecule has 0 saturated carbocycles. The van der Waals surface area contributed by atoms with Crippen LogP contribution in [0.4, 0.5) is 5.69 Å². The van der Waals surface area contributed by atoms with Gasteiger partial charge in [0.05, 0.1) is 30.2 Å². The van der Waals surface area contributed by atoms with E-state index in [-0.39, 0.29) is 10.8 Å². The summed E-state index contributed by atoms with van der Waals surface area (Å²) < 4.78 is 40.0. The van der Waals surface area contributed by atoms with Gasteiger partial charge in [-0.3, -0.25) is 10.1 Å². The van der Waals surface area contributed by atoms with Crippen LogP contribution in [0.15, 0.2) is 41.6 Å². The molecule has 2 aromatic carbocycles. The third kappa shape index (κ3) is 5.09. The number of sulfonamides is 1. The van der Waals surface area contributed by atoms with Gasteiger partial charge in [0.2, 0.25) is 5.16 Å². The fourth-order valence-electron chi connectivity index (χ4n) is 4.28. The molecule has 4 rings (SSSR count). The molecule has 0 bridgehead atoms. The van der Waals surface area contributed by atoms with Gasteiger partial charge in [0.15, 0.2) is 11.5 Å². The Kier molecular flexibility index (Phi) is 7.24. The number of hydrogen-bond acceptors (Lipinski definition) is 8. The fraction of sp³-hybridized carbons (Fsp3) is 0.435. The Bertz CT molecular complexity index is 1340. The zero-order valence-corrected chi connectivity index (χ0v) is 20.8. The number of hydrogen-bond donors (Lipinski definition) is 0. The molecule has 3 aromatic rings. The van der Waals surface area contributed by atoms with Crippen LogP contribution in [0.3, 0.4) is 0 Å². The first-order chi connectivity index (χ1) is 16.7. The summed E-state index contributed by atoms with van der Waals surface area (Å²) in [6, 6.07) is 10.1. The van der Waals surface area contributed by atoms with E-state index in [4.69, 9.17) is 9.47 Å². The van der Waals surface area contributed by atoms with Crippen molar-refractivity contribution >= 4 is 26.7 Å². The Morgan fingerprint density at radius 2 is 1.86 bits per heavy atom. The molecule has 1 aromatic heterocycles. The lowest BCUT2D eigenvalue weighted by molar-refractivity contribution is -0.384. The van der Waals surface area contributed by atoms with Gasteiger partial charge in [-0.1, -0.05) is 6.07 Å². The van der Waals surface area contributed by atoms with E-state index in [0.717, 1.165) is 25.1 Å². The number of nitro groups is 1. The summed E-state index contributed by atoms with van der Waals surface area (Å²) in [6.07, 6.45) is 1.50. The quantitative estimate of drug-likeness (QED) is 0.306. The second-order valence-corrected chi connectivity index (χ2v) is 10.3. The van der Waals surface area contributed by atoms with E-state index >= 15 is 0 Å². The van der Waals surface area contributed by atoms with Crippen molar-refractivity contribution in [3.05, 3.63) is 52.1 Å². The highest BCUT2D eigenvalue weighted by Crippen LogP contribution is 2.29. The molecule has 2 heterocycles. The maximum Gasteiger partial charge on any atom is 0.277 e. The highest BCUT2D eigenvalue weighted by molar-refractivity contribution is 7.89. The van der Waals surface area contributed by atoms with Crippen molar-refractivity contribution in [2.75, 3.05) is 47.4 Å². The number of nitrogens with zero attached hydrogens (tertiary/aromatic N) is 5. The molecule has 11 nitrogen and oxygen atoms in total. The van der Waals surface area contributed by atoms with Crippen molar-refractivity contribution in [3.8, 4) is 11.5 Å². The Morgan fingerprint density at radius 1 is 1.09 bits per heavy atom. The molecule has 1 aliphatic rings. The van der Waals surface area contributed by atoms with Gasteiger partial charge in [0.25, 0.3) is 15.7 Å².